The minimum atomic E-state index is -0.261. The molecule has 1 amide bonds. The number of hydrogen-bond donors (Lipinski definition) is 1. The van der Waals surface area contributed by atoms with Crippen molar-refractivity contribution in [2.75, 3.05) is 19.5 Å². The molecule has 0 saturated carbocycles. The average Bonchev–Trinajstić information content (AvgIpc) is 2.71. The monoisotopic (exact) mass is 378 g/mol. The number of carbonyl (C=O) groups excluding carboxylic acids is 1. The number of anilines is 1. The standard InChI is InChI=1S/C22H22N2O4/c1-15-19(27-2)12-17(13-20(15)28-3)22(26)23-18-9-7-16(8-10-18)14-24-11-5-4-6-21(24)25/h4-13H,14H2,1-3H3,(H,23,26). The van der Waals surface area contributed by atoms with E-state index in [4.69, 9.17) is 9.47 Å². The first kappa shape index (κ1) is 19.2. The molecular formula is C22H22N2O4. The molecule has 0 unspecified atom stereocenters. The zero-order chi connectivity index (χ0) is 20.1. The lowest BCUT2D eigenvalue weighted by Gasteiger charge is -2.13. The van der Waals surface area contributed by atoms with Gasteiger partial charge in [0.25, 0.3) is 11.5 Å². The van der Waals surface area contributed by atoms with E-state index >= 15 is 0 Å². The van der Waals surface area contributed by atoms with E-state index in [2.05, 4.69) is 5.32 Å². The van der Waals surface area contributed by atoms with Crippen LogP contribution in [-0.4, -0.2) is 24.7 Å². The Bertz CT molecular complexity index is 1010. The van der Waals surface area contributed by atoms with Crippen molar-refractivity contribution in [3.05, 3.63) is 87.8 Å². The molecule has 0 aliphatic rings. The highest BCUT2D eigenvalue weighted by molar-refractivity contribution is 6.05. The second-order valence-corrected chi connectivity index (χ2v) is 6.32. The van der Waals surface area contributed by atoms with Gasteiger partial charge in [-0.1, -0.05) is 18.2 Å². The van der Waals surface area contributed by atoms with E-state index < -0.39 is 0 Å². The average molecular weight is 378 g/mol. The van der Waals surface area contributed by atoms with Gasteiger partial charge in [-0.15, -0.1) is 0 Å². The molecule has 0 atom stereocenters. The highest BCUT2D eigenvalue weighted by atomic mass is 16.5. The van der Waals surface area contributed by atoms with Crippen LogP contribution in [0.1, 0.15) is 21.5 Å². The first-order chi connectivity index (χ1) is 13.5. The summed E-state index contributed by atoms with van der Waals surface area (Å²) in [6.45, 7) is 2.34. The zero-order valence-corrected chi connectivity index (χ0v) is 16.1. The molecule has 2 aromatic carbocycles. The summed E-state index contributed by atoms with van der Waals surface area (Å²) in [6.07, 6.45) is 1.75. The van der Waals surface area contributed by atoms with Gasteiger partial charge in [0.05, 0.1) is 20.8 Å². The molecule has 3 rings (SSSR count). The first-order valence-electron chi connectivity index (χ1n) is 8.80. The van der Waals surface area contributed by atoms with E-state index in [-0.39, 0.29) is 11.5 Å². The molecule has 28 heavy (non-hydrogen) atoms. The van der Waals surface area contributed by atoms with Gasteiger partial charge >= 0.3 is 0 Å². The smallest absolute Gasteiger partial charge is 0.255 e. The van der Waals surface area contributed by atoms with E-state index in [0.29, 0.717) is 29.3 Å². The van der Waals surface area contributed by atoms with Gasteiger partial charge in [-0.2, -0.15) is 0 Å². The Morgan fingerprint density at radius 1 is 1.00 bits per heavy atom. The molecule has 0 fully saturated rings. The zero-order valence-electron chi connectivity index (χ0n) is 16.1. The SMILES string of the molecule is COc1cc(C(=O)Nc2ccc(Cn3ccccc3=O)cc2)cc(OC)c1C. The molecular weight excluding hydrogens is 356 g/mol. The molecule has 0 aliphatic heterocycles. The molecule has 1 heterocycles. The lowest BCUT2D eigenvalue weighted by Crippen LogP contribution is -2.18. The predicted octanol–water partition coefficient (Wildman–Crippen LogP) is 3.47. The maximum absolute atomic E-state index is 12.6. The quantitative estimate of drug-likeness (QED) is 0.713. The van der Waals surface area contributed by atoms with Gasteiger partial charge in [0.2, 0.25) is 0 Å². The molecule has 1 aromatic heterocycles. The molecule has 144 valence electrons. The molecule has 0 spiro atoms. The molecule has 0 saturated heterocycles. The fourth-order valence-electron chi connectivity index (χ4n) is 2.90. The second kappa shape index (κ2) is 8.43. The normalized spacial score (nSPS) is 10.4. The van der Waals surface area contributed by atoms with Crippen LogP contribution < -0.4 is 20.3 Å². The van der Waals surface area contributed by atoms with Gasteiger partial charge < -0.3 is 19.4 Å². The van der Waals surface area contributed by atoms with Crippen molar-refractivity contribution in [2.45, 2.75) is 13.5 Å². The van der Waals surface area contributed by atoms with Crippen LogP contribution in [0.3, 0.4) is 0 Å². The fourth-order valence-corrected chi connectivity index (χ4v) is 2.90. The summed E-state index contributed by atoms with van der Waals surface area (Å²) >= 11 is 0. The lowest BCUT2D eigenvalue weighted by atomic mass is 10.1. The van der Waals surface area contributed by atoms with Gasteiger partial charge in [-0.3, -0.25) is 9.59 Å². The lowest BCUT2D eigenvalue weighted by molar-refractivity contribution is 0.102. The van der Waals surface area contributed by atoms with Gasteiger partial charge in [0.15, 0.2) is 0 Å². The number of nitrogens with one attached hydrogen (secondary N) is 1. The van der Waals surface area contributed by atoms with Crippen LogP contribution in [0, 0.1) is 6.92 Å². The Hall–Kier alpha value is -3.54. The number of hydrogen-bond acceptors (Lipinski definition) is 4. The second-order valence-electron chi connectivity index (χ2n) is 6.32. The Kier molecular flexibility index (Phi) is 5.79. The highest BCUT2D eigenvalue weighted by Gasteiger charge is 2.14. The minimum absolute atomic E-state index is 0.0536. The van der Waals surface area contributed by atoms with Gasteiger partial charge in [0, 0.05) is 29.1 Å². The number of rotatable bonds is 6. The number of aromatic nitrogens is 1. The summed E-state index contributed by atoms with van der Waals surface area (Å²) in [5.74, 6) is 0.921. The van der Waals surface area contributed by atoms with Crippen LogP contribution in [-0.2, 0) is 6.54 Å². The molecule has 3 aromatic rings. The Balaban J connectivity index is 1.74. The fraction of sp³-hybridized carbons (Fsp3) is 0.182. The number of benzene rings is 2. The minimum Gasteiger partial charge on any atom is -0.496 e. The van der Waals surface area contributed by atoms with Crippen molar-refractivity contribution >= 4 is 11.6 Å². The van der Waals surface area contributed by atoms with Crippen LogP contribution in [0.2, 0.25) is 0 Å². The summed E-state index contributed by atoms with van der Waals surface area (Å²) in [4.78, 5) is 24.4. The summed E-state index contributed by atoms with van der Waals surface area (Å²) in [5, 5.41) is 2.86. The summed E-state index contributed by atoms with van der Waals surface area (Å²) in [7, 11) is 3.11. The van der Waals surface area contributed by atoms with E-state index in [1.54, 1.807) is 43.2 Å². The number of nitrogens with zero attached hydrogens (tertiary/aromatic N) is 1. The number of pyridine rings is 1. The van der Waals surface area contributed by atoms with E-state index in [9.17, 15) is 9.59 Å². The predicted molar refractivity (Wildman–Crippen MR) is 108 cm³/mol. The van der Waals surface area contributed by atoms with Crippen molar-refractivity contribution in [3.63, 3.8) is 0 Å². The van der Waals surface area contributed by atoms with Crippen LogP contribution >= 0.6 is 0 Å². The van der Waals surface area contributed by atoms with E-state index in [1.165, 1.54) is 6.07 Å². The Morgan fingerprint density at radius 3 is 2.21 bits per heavy atom. The van der Waals surface area contributed by atoms with Crippen molar-refractivity contribution < 1.29 is 14.3 Å². The molecule has 6 heteroatoms. The maximum Gasteiger partial charge on any atom is 0.255 e. The Labute approximate surface area is 163 Å². The van der Waals surface area contributed by atoms with E-state index in [0.717, 1.165) is 11.1 Å². The largest absolute Gasteiger partial charge is 0.496 e. The summed E-state index contributed by atoms with van der Waals surface area (Å²) < 4.78 is 12.3. The number of amides is 1. The molecule has 1 N–H and O–H groups in total. The van der Waals surface area contributed by atoms with Crippen molar-refractivity contribution in [1.82, 2.24) is 4.57 Å². The summed E-state index contributed by atoms with van der Waals surface area (Å²) in [5.41, 5.74) is 2.85. The number of carbonyl (C=O) groups is 1. The topological polar surface area (TPSA) is 69.6 Å². The maximum atomic E-state index is 12.6. The van der Waals surface area contributed by atoms with E-state index in [1.807, 2.05) is 37.3 Å². The number of ether oxygens (including phenoxy) is 2. The molecule has 0 bridgehead atoms. The van der Waals surface area contributed by atoms with Crippen molar-refractivity contribution in [1.29, 1.82) is 0 Å². The third-order valence-electron chi connectivity index (χ3n) is 4.48. The van der Waals surface area contributed by atoms with Crippen LogP contribution in [0.5, 0.6) is 11.5 Å². The van der Waals surface area contributed by atoms with Gasteiger partial charge in [-0.05, 0) is 42.8 Å². The van der Waals surface area contributed by atoms with Gasteiger partial charge in [-0.25, -0.2) is 0 Å². The van der Waals surface area contributed by atoms with Gasteiger partial charge in [0.1, 0.15) is 11.5 Å². The van der Waals surface area contributed by atoms with Crippen molar-refractivity contribution in [2.24, 2.45) is 0 Å². The Morgan fingerprint density at radius 2 is 1.64 bits per heavy atom. The number of methoxy groups -OCH3 is 2. The van der Waals surface area contributed by atoms with Crippen LogP contribution in [0.4, 0.5) is 5.69 Å². The third-order valence-corrected chi connectivity index (χ3v) is 4.48. The highest BCUT2D eigenvalue weighted by Crippen LogP contribution is 2.29. The molecule has 0 aliphatic carbocycles. The van der Waals surface area contributed by atoms with Crippen LogP contribution in [0.15, 0.2) is 65.6 Å². The molecule has 6 nitrogen and oxygen atoms in total. The summed E-state index contributed by atoms with van der Waals surface area (Å²) in [6, 6.07) is 15.8. The van der Waals surface area contributed by atoms with Crippen LogP contribution in [0.25, 0.3) is 0 Å². The first-order valence-corrected chi connectivity index (χ1v) is 8.80. The molecule has 0 radical (unpaired) electrons. The van der Waals surface area contributed by atoms with Crippen molar-refractivity contribution in [3.8, 4) is 11.5 Å². The third kappa shape index (κ3) is 4.23.